The average Bonchev–Trinajstić information content (AvgIpc) is 1.62. The fraction of sp³-hybridized carbons (Fsp3) is 0.425. The molecule has 1 saturated heterocycles. The highest BCUT2D eigenvalue weighted by Gasteiger charge is 2.49. The van der Waals surface area contributed by atoms with Gasteiger partial charge in [-0.2, -0.15) is 0 Å². The number of aliphatic carboxylic acids is 2. The largest absolute Gasteiger partial charge is 0.487 e. The number of amides is 8. The van der Waals surface area contributed by atoms with E-state index in [1.165, 1.54) is 20.7 Å². The Hall–Kier alpha value is -11.7. The Balaban J connectivity index is 1.03. The van der Waals surface area contributed by atoms with E-state index in [1.807, 2.05) is 72.8 Å². The average molecular weight is 1510 g/mol. The molecular weight excluding hydrogens is 1410 g/mol. The molecule has 8 bridgehead atoms. The third-order valence-electron chi connectivity index (χ3n) is 19.9. The summed E-state index contributed by atoms with van der Waals surface area (Å²) >= 11 is 0. The zero-order chi connectivity index (χ0) is 79.3. The van der Waals surface area contributed by atoms with Crippen LogP contribution in [0, 0.1) is 10.8 Å². The lowest BCUT2D eigenvalue weighted by Crippen LogP contribution is -2.61. The molecule has 8 amide bonds. The number of carboxylic acids is 2. The predicted molar refractivity (Wildman–Crippen MR) is 407 cm³/mol. The van der Waals surface area contributed by atoms with Crippen molar-refractivity contribution in [3.05, 3.63) is 179 Å². The Kier molecular flexibility index (Phi) is 26.2. The van der Waals surface area contributed by atoms with Crippen LogP contribution in [0.5, 0.6) is 11.5 Å². The molecule has 8 aromatic rings. The molecule has 10 N–H and O–H groups in total. The lowest BCUT2D eigenvalue weighted by molar-refractivity contribution is -0.150. The van der Waals surface area contributed by atoms with E-state index < -0.39 is 137 Å². The number of benzene rings is 6. The van der Waals surface area contributed by atoms with Crippen LogP contribution in [0.25, 0.3) is 21.5 Å². The number of carboxylic acid groups (broad SMARTS) is 2. The van der Waals surface area contributed by atoms with Crippen LogP contribution in [0.1, 0.15) is 121 Å². The Morgan fingerprint density at radius 3 is 1.45 bits per heavy atom. The molecule has 0 aliphatic carbocycles. The molecule has 6 aromatic carbocycles. The Morgan fingerprint density at radius 2 is 1.00 bits per heavy atom. The quantitative estimate of drug-likeness (QED) is 0.0580. The van der Waals surface area contributed by atoms with Gasteiger partial charge in [0.05, 0.1) is 30.5 Å². The van der Waals surface area contributed by atoms with Gasteiger partial charge in [0.15, 0.2) is 0 Å². The first-order valence-corrected chi connectivity index (χ1v) is 36.8. The van der Waals surface area contributed by atoms with E-state index >= 15 is 28.8 Å². The van der Waals surface area contributed by atoms with Crippen molar-refractivity contribution in [2.45, 2.75) is 181 Å². The van der Waals surface area contributed by atoms with Crippen LogP contribution in [0.4, 0.5) is 0 Å². The van der Waals surface area contributed by atoms with Gasteiger partial charge >= 0.3 is 11.9 Å². The summed E-state index contributed by atoms with van der Waals surface area (Å²) in [7, 11) is 3.21. The number of hydrogen-bond acceptors (Lipinski definition) is 18. The second-order valence-corrected chi connectivity index (χ2v) is 30.2. The number of aromatic nitrogens is 6. The lowest BCUT2D eigenvalue weighted by Gasteiger charge is -2.38. The minimum Gasteiger partial charge on any atom is -0.487 e. The summed E-state index contributed by atoms with van der Waals surface area (Å²) in [5.41, 5.74) is 0.742. The first kappa shape index (κ1) is 80.9. The van der Waals surface area contributed by atoms with Gasteiger partial charge in [-0.3, -0.25) is 38.4 Å². The number of rotatable bonds is 17. The maximum Gasteiger partial charge on any atom is 0.326 e. The maximum absolute atomic E-state index is 15.6. The first-order valence-electron chi connectivity index (χ1n) is 36.8. The van der Waals surface area contributed by atoms with Crippen molar-refractivity contribution in [1.29, 1.82) is 0 Å². The Morgan fingerprint density at radius 1 is 0.564 bits per heavy atom. The molecule has 1 fully saturated rings. The van der Waals surface area contributed by atoms with Crippen molar-refractivity contribution in [3.63, 3.8) is 0 Å². The summed E-state index contributed by atoms with van der Waals surface area (Å²) in [6.45, 7) is 15.2. The van der Waals surface area contributed by atoms with Crippen LogP contribution in [-0.4, -0.2) is 191 Å². The number of fused-ring (bicyclic) bond motifs is 2. The van der Waals surface area contributed by atoms with E-state index in [0.717, 1.165) is 26.2 Å². The van der Waals surface area contributed by atoms with Crippen LogP contribution in [-0.2, 0) is 86.8 Å². The van der Waals surface area contributed by atoms with Gasteiger partial charge in [0.1, 0.15) is 78.4 Å². The molecule has 0 spiro atoms. The van der Waals surface area contributed by atoms with Crippen LogP contribution in [0.3, 0.4) is 0 Å². The predicted octanol–water partition coefficient (Wildman–Crippen LogP) is 4.88. The van der Waals surface area contributed by atoms with E-state index in [1.54, 1.807) is 143 Å². The second kappa shape index (κ2) is 35.6. The summed E-state index contributed by atoms with van der Waals surface area (Å²) in [6, 6.07) is 26.8. The van der Waals surface area contributed by atoms with Crippen LogP contribution in [0.2, 0.25) is 0 Å². The Bertz CT molecular complexity index is 4650. The molecule has 13 rings (SSSR count). The Labute approximate surface area is 637 Å². The monoisotopic (exact) mass is 1510 g/mol. The zero-order valence-corrected chi connectivity index (χ0v) is 63.6. The summed E-state index contributed by atoms with van der Waals surface area (Å²) in [5, 5.41) is 65.5. The van der Waals surface area contributed by atoms with Gasteiger partial charge in [0, 0.05) is 38.8 Å². The van der Waals surface area contributed by atoms with Crippen molar-refractivity contribution < 1.29 is 67.6 Å². The SMILES string of the molecule is CCCN(C(=O)[C@@H](NC(=O)[C@H](C)NC)C(C)(C)C)[C@@H]1C(=O)N[C@@H](Cc2ccc3ccccc3c2)C(=O)N[C@H](C(=O)O)Cc2ccc(cc2)OCc2cn(nn2)[C@@H]2CCN(C(=O)[C@@H](NC(=O)[C@H](C)NC)C(C)(C)C)[C@@H]2C(=O)N[C@@H](Cc2ccc3ccccc3c2)C(=O)N[C@H](C(=O)O)Cc2ccc(cc2)OCc2cn1nn2. The number of carbonyl (C=O) groups excluding carboxylic acids is 8. The molecule has 582 valence electrons. The highest BCUT2D eigenvalue weighted by Crippen LogP contribution is 2.34. The molecule has 0 saturated carbocycles. The van der Waals surface area contributed by atoms with Gasteiger partial charge in [-0.05, 0) is 120 Å². The molecule has 5 aliphatic heterocycles. The molecule has 2 aromatic heterocycles. The third kappa shape index (κ3) is 20.2. The molecule has 11 atom stereocenters. The van der Waals surface area contributed by atoms with Crippen molar-refractivity contribution in [3.8, 4) is 11.5 Å². The molecular formula is C80H98N16O14. The van der Waals surface area contributed by atoms with Crippen molar-refractivity contribution >= 4 is 80.7 Å². The summed E-state index contributed by atoms with van der Waals surface area (Å²) in [6.07, 6.45) is 0.915. The van der Waals surface area contributed by atoms with Crippen LogP contribution >= 0.6 is 0 Å². The minimum absolute atomic E-state index is 0.00612. The summed E-state index contributed by atoms with van der Waals surface area (Å²) in [4.78, 5) is 148. The van der Waals surface area contributed by atoms with Crippen LogP contribution in [0.15, 0.2) is 146 Å². The topological polar surface area (TPSA) is 394 Å². The summed E-state index contributed by atoms with van der Waals surface area (Å²) in [5.74, 6) is -7.83. The molecule has 30 heteroatoms. The number of nitrogens with zero attached hydrogens (tertiary/aromatic N) is 8. The summed E-state index contributed by atoms with van der Waals surface area (Å²) < 4.78 is 15.0. The second-order valence-electron chi connectivity index (χ2n) is 30.2. The molecule has 0 radical (unpaired) electrons. The molecule has 110 heavy (non-hydrogen) atoms. The molecule has 7 heterocycles. The van der Waals surface area contributed by atoms with Crippen molar-refractivity contribution in [2.24, 2.45) is 10.8 Å². The number of nitrogens with one attached hydrogen (secondary N) is 8. The highest BCUT2D eigenvalue weighted by molar-refractivity contribution is 5.98. The van der Waals surface area contributed by atoms with Gasteiger partial charge in [0.25, 0.3) is 5.91 Å². The first-order chi connectivity index (χ1) is 52.4. The van der Waals surface area contributed by atoms with E-state index in [-0.39, 0.29) is 69.9 Å². The van der Waals surface area contributed by atoms with Crippen molar-refractivity contribution in [1.82, 2.24) is 82.3 Å². The molecule has 5 aliphatic rings. The highest BCUT2D eigenvalue weighted by atomic mass is 16.5. The van der Waals surface area contributed by atoms with Gasteiger partial charge < -0.3 is 72.0 Å². The maximum atomic E-state index is 15.6. The van der Waals surface area contributed by atoms with E-state index in [9.17, 15) is 29.4 Å². The van der Waals surface area contributed by atoms with Gasteiger partial charge in [-0.1, -0.05) is 168 Å². The normalized spacial score (nSPS) is 20.3. The van der Waals surface area contributed by atoms with Gasteiger partial charge in [-0.15, -0.1) is 10.2 Å². The smallest absolute Gasteiger partial charge is 0.326 e. The molecule has 0 unspecified atom stereocenters. The minimum atomic E-state index is -1.71. The van der Waals surface area contributed by atoms with Crippen molar-refractivity contribution in [2.75, 3.05) is 27.2 Å². The van der Waals surface area contributed by atoms with Gasteiger partial charge in [-0.25, -0.2) is 19.0 Å². The fourth-order valence-corrected chi connectivity index (χ4v) is 13.4. The zero-order valence-electron chi connectivity index (χ0n) is 63.6. The van der Waals surface area contributed by atoms with E-state index in [2.05, 4.69) is 63.2 Å². The third-order valence-corrected chi connectivity index (χ3v) is 19.9. The number of hydrogen-bond donors (Lipinski definition) is 10. The molecule has 30 nitrogen and oxygen atoms in total. The number of carbonyl (C=O) groups is 10. The number of ether oxygens (including phenoxy) is 2. The standard InChI is InChI=1S/C80H98N16O14/c1-12-34-94(76(104)67(80(7,8)9)88-69(98)47(3)82-11)74-73(102)84-61(41-51-22-28-53-18-14-16-20-55(53)37-51)71(100)86-63(78(107)108)39-49-23-29-58(30-24-49)109-44-56-42-95(91-89-56)64-33-35-93(75(103)66(79(4,5)6)87-68(97)46(2)81-10)65(64)72(101)83-60(40-50-21-27-52-17-13-15-19-54(52)36-50)70(99)85-62(77(105)106)38-48-25-31-59(32-26-48)110-45-57-43-96(74)92-90-57/h13-32,36-37,42-43,46-47,60-67,74,81-82H,12,33-35,38-41,44-45H2,1-11H3,(H,83,101)(H,84,102)(H,85,99)(H,86,100)(H,87,97)(H,88,98)(H,105,106)(H,107,108)/t46-,47-,60-,61-,62-,63-,64+,65-,66+,67+,74-/m0/s1. The lowest BCUT2D eigenvalue weighted by atomic mass is 9.85. The van der Waals surface area contributed by atoms with E-state index in [0.29, 0.717) is 40.1 Å². The fourth-order valence-electron chi connectivity index (χ4n) is 13.4. The number of likely N-dealkylation sites (N-methyl/N-ethyl adjacent to an activating group) is 2. The van der Waals surface area contributed by atoms with Crippen LogP contribution < -0.4 is 52.0 Å². The number of likely N-dealkylation sites (tertiary alicyclic amines) is 1. The van der Waals surface area contributed by atoms with Gasteiger partial charge in [0.2, 0.25) is 47.5 Å². The van der Waals surface area contributed by atoms with E-state index in [4.69, 9.17) is 9.47 Å².